The molecule has 0 aromatic carbocycles. The molecule has 2 nitrogen and oxygen atoms in total. The van der Waals surface area contributed by atoms with E-state index < -0.39 is 0 Å². The highest BCUT2D eigenvalue weighted by Crippen LogP contribution is 2.30. The van der Waals surface area contributed by atoms with E-state index in [1.807, 2.05) is 27.7 Å². The van der Waals surface area contributed by atoms with Crippen molar-refractivity contribution in [2.75, 3.05) is 13.2 Å². The number of hydrogen-bond donors (Lipinski definition) is 1. The molecule has 0 saturated carbocycles. The fourth-order valence-electron chi connectivity index (χ4n) is 2.04. The minimum absolute atomic E-state index is 0.364. The quantitative estimate of drug-likeness (QED) is 0.704. The van der Waals surface area contributed by atoms with Gasteiger partial charge in [0.15, 0.2) is 0 Å². The molecule has 2 heterocycles. The molecule has 2 atom stereocenters. The monoisotopic (exact) mass is 201 g/mol. The lowest BCUT2D eigenvalue weighted by atomic mass is 9.96. The van der Waals surface area contributed by atoms with Crippen LogP contribution in [0.2, 0.25) is 0 Å². The fourth-order valence-corrected chi connectivity index (χ4v) is 2.04. The van der Waals surface area contributed by atoms with Crippen LogP contribution >= 0.6 is 0 Å². The average molecular weight is 201 g/mol. The summed E-state index contributed by atoms with van der Waals surface area (Å²) in [6.45, 7) is 12.1. The second-order valence-electron chi connectivity index (χ2n) is 3.53. The molecule has 2 fully saturated rings. The maximum Gasteiger partial charge on any atom is 0.0649 e. The second-order valence-corrected chi connectivity index (χ2v) is 3.53. The van der Waals surface area contributed by atoms with Gasteiger partial charge >= 0.3 is 0 Å². The molecule has 1 N–H and O–H groups in total. The van der Waals surface area contributed by atoms with Crippen molar-refractivity contribution in [1.82, 2.24) is 5.32 Å². The van der Waals surface area contributed by atoms with Gasteiger partial charge in [-0.3, -0.25) is 0 Å². The third-order valence-corrected chi connectivity index (χ3v) is 2.86. The maximum atomic E-state index is 5.49. The molecule has 14 heavy (non-hydrogen) atoms. The molecule has 0 aromatic heterocycles. The summed E-state index contributed by atoms with van der Waals surface area (Å²) in [6.07, 6.45) is 3.84. The smallest absolute Gasteiger partial charge is 0.0649 e. The van der Waals surface area contributed by atoms with Crippen LogP contribution in [0, 0.1) is 0 Å². The first-order chi connectivity index (χ1) is 6.85. The summed E-state index contributed by atoms with van der Waals surface area (Å²) in [7, 11) is 0. The first-order valence-electron chi connectivity index (χ1n) is 6.20. The van der Waals surface area contributed by atoms with Crippen LogP contribution in [-0.4, -0.2) is 24.8 Å². The SMILES string of the molecule is CC.CC.CCC12CCC(COC1)N2. The molecule has 2 saturated heterocycles. The molecule has 2 aliphatic heterocycles. The first kappa shape index (κ1) is 13.9. The molecule has 0 radical (unpaired) electrons. The van der Waals surface area contributed by atoms with Crippen molar-refractivity contribution in [1.29, 1.82) is 0 Å². The van der Waals surface area contributed by atoms with E-state index >= 15 is 0 Å². The average Bonchev–Trinajstić information content (AvgIpc) is 2.61. The largest absolute Gasteiger partial charge is 0.378 e. The highest BCUT2D eigenvalue weighted by atomic mass is 16.5. The van der Waals surface area contributed by atoms with Crippen molar-refractivity contribution in [2.45, 2.75) is 65.5 Å². The lowest BCUT2D eigenvalue weighted by molar-refractivity contribution is 0.0288. The Balaban J connectivity index is 0.000000379. The van der Waals surface area contributed by atoms with Crippen molar-refractivity contribution in [2.24, 2.45) is 0 Å². The van der Waals surface area contributed by atoms with Gasteiger partial charge in [0, 0.05) is 11.6 Å². The van der Waals surface area contributed by atoms with E-state index in [9.17, 15) is 0 Å². The fraction of sp³-hybridized carbons (Fsp3) is 1.00. The van der Waals surface area contributed by atoms with Crippen molar-refractivity contribution >= 4 is 0 Å². The summed E-state index contributed by atoms with van der Waals surface area (Å²) in [5, 5.41) is 3.63. The molecule has 0 aromatic rings. The van der Waals surface area contributed by atoms with Crippen molar-refractivity contribution < 1.29 is 4.74 Å². The number of hydrogen-bond acceptors (Lipinski definition) is 2. The van der Waals surface area contributed by atoms with Crippen LogP contribution in [-0.2, 0) is 4.74 Å². The molecule has 0 aliphatic carbocycles. The lowest BCUT2D eigenvalue weighted by Gasteiger charge is -2.33. The van der Waals surface area contributed by atoms with Gasteiger partial charge in [-0.1, -0.05) is 34.6 Å². The standard InChI is InChI=1S/C8H15NO.2C2H6/c1-2-8-4-3-7(9-8)5-10-6-8;2*1-2/h7,9H,2-6H2,1H3;2*1-2H3. The molecular formula is C12H27NO. The molecule has 0 amide bonds. The molecule has 86 valence electrons. The van der Waals surface area contributed by atoms with E-state index in [4.69, 9.17) is 4.74 Å². The Morgan fingerprint density at radius 3 is 2.43 bits per heavy atom. The number of ether oxygens (including phenoxy) is 1. The van der Waals surface area contributed by atoms with E-state index in [2.05, 4.69) is 12.2 Å². The number of morpholine rings is 1. The summed E-state index contributed by atoms with van der Waals surface area (Å²) in [5.41, 5.74) is 0.364. The Morgan fingerprint density at radius 1 is 1.29 bits per heavy atom. The number of nitrogens with one attached hydrogen (secondary N) is 1. The van der Waals surface area contributed by atoms with Gasteiger partial charge in [-0.05, 0) is 19.3 Å². The van der Waals surface area contributed by atoms with Crippen LogP contribution in [0.15, 0.2) is 0 Å². The van der Waals surface area contributed by atoms with Crippen molar-refractivity contribution in [3.63, 3.8) is 0 Å². The maximum absolute atomic E-state index is 5.49. The summed E-state index contributed by atoms with van der Waals surface area (Å²) in [6, 6.07) is 0.661. The first-order valence-corrected chi connectivity index (χ1v) is 6.20. The van der Waals surface area contributed by atoms with Gasteiger partial charge in [0.2, 0.25) is 0 Å². The third-order valence-electron chi connectivity index (χ3n) is 2.86. The Morgan fingerprint density at radius 2 is 1.93 bits per heavy atom. The van der Waals surface area contributed by atoms with Gasteiger partial charge in [-0.15, -0.1) is 0 Å². The van der Waals surface area contributed by atoms with Gasteiger partial charge < -0.3 is 10.1 Å². The minimum Gasteiger partial charge on any atom is -0.378 e. The predicted molar refractivity (Wildman–Crippen MR) is 62.7 cm³/mol. The normalized spacial score (nSPS) is 33.6. The van der Waals surface area contributed by atoms with Crippen LogP contribution in [0.4, 0.5) is 0 Å². The molecular weight excluding hydrogens is 174 g/mol. The van der Waals surface area contributed by atoms with Gasteiger partial charge in [0.25, 0.3) is 0 Å². The minimum atomic E-state index is 0.364. The molecule has 2 bridgehead atoms. The van der Waals surface area contributed by atoms with Crippen LogP contribution in [0.5, 0.6) is 0 Å². The topological polar surface area (TPSA) is 21.3 Å². The number of rotatable bonds is 1. The van der Waals surface area contributed by atoms with Crippen LogP contribution in [0.1, 0.15) is 53.9 Å². The summed E-state index contributed by atoms with van der Waals surface area (Å²) in [4.78, 5) is 0. The van der Waals surface area contributed by atoms with Gasteiger partial charge in [-0.2, -0.15) is 0 Å². The lowest BCUT2D eigenvalue weighted by Crippen LogP contribution is -2.52. The zero-order valence-electron chi connectivity index (χ0n) is 10.5. The molecule has 0 spiro atoms. The predicted octanol–water partition coefficient (Wildman–Crippen LogP) is 2.97. The Labute approximate surface area is 89.4 Å². The Bertz CT molecular complexity index is 134. The molecule has 2 heteroatoms. The Kier molecular flexibility index (Phi) is 7.20. The molecule has 2 rings (SSSR count). The van der Waals surface area contributed by atoms with Crippen molar-refractivity contribution in [3.05, 3.63) is 0 Å². The van der Waals surface area contributed by atoms with E-state index in [1.165, 1.54) is 19.3 Å². The summed E-state index contributed by atoms with van der Waals surface area (Å²) in [5.74, 6) is 0. The van der Waals surface area contributed by atoms with E-state index in [0.29, 0.717) is 11.6 Å². The van der Waals surface area contributed by atoms with Gasteiger partial charge in [-0.25, -0.2) is 0 Å². The third kappa shape index (κ3) is 3.25. The highest BCUT2D eigenvalue weighted by Gasteiger charge is 2.40. The van der Waals surface area contributed by atoms with Crippen molar-refractivity contribution in [3.8, 4) is 0 Å². The van der Waals surface area contributed by atoms with E-state index in [-0.39, 0.29) is 0 Å². The van der Waals surface area contributed by atoms with Crippen LogP contribution in [0.3, 0.4) is 0 Å². The van der Waals surface area contributed by atoms with Gasteiger partial charge in [0.05, 0.1) is 13.2 Å². The van der Waals surface area contributed by atoms with E-state index in [0.717, 1.165) is 13.2 Å². The summed E-state index contributed by atoms with van der Waals surface area (Å²) < 4.78 is 5.49. The number of fused-ring (bicyclic) bond motifs is 2. The zero-order valence-corrected chi connectivity index (χ0v) is 10.5. The van der Waals surface area contributed by atoms with Crippen LogP contribution in [0.25, 0.3) is 0 Å². The molecule has 2 unspecified atom stereocenters. The highest BCUT2D eigenvalue weighted by molar-refractivity contribution is 4.99. The van der Waals surface area contributed by atoms with E-state index in [1.54, 1.807) is 0 Å². The van der Waals surface area contributed by atoms with Gasteiger partial charge in [0.1, 0.15) is 0 Å². The summed E-state index contributed by atoms with van der Waals surface area (Å²) >= 11 is 0. The zero-order chi connectivity index (χ0) is 11.0. The molecule has 2 aliphatic rings. The second kappa shape index (κ2) is 7.24. The van der Waals surface area contributed by atoms with Crippen LogP contribution < -0.4 is 5.32 Å². The Hall–Kier alpha value is -0.0800.